The molecule has 1 aliphatic heterocycles. The fourth-order valence-corrected chi connectivity index (χ4v) is 7.18. The van der Waals surface area contributed by atoms with E-state index in [1.807, 2.05) is 42.5 Å². The lowest BCUT2D eigenvalue weighted by molar-refractivity contribution is -0.138. The van der Waals surface area contributed by atoms with Gasteiger partial charge in [-0.25, -0.2) is 13.1 Å². The first kappa shape index (κ1) is 30.5. The van der Waals surface area contributed by atoms with Gasteiger partial charge in [-0.05, 0) is 36.1 Å². The Labute approximate surface area is 242 Å². The summed E-state index contributed by atoms with van der Waals surface area (Å²) in [5.74, 6) is -0.567. The van der Waals surface area contributed by atoms with Crippen molar-refractivity contribution >= 4 is 33.4 Å². The highest BCUT2D eigenvalue weighted by Crippen LogP contribution is 2.34. The summed E-state index contributed by atoms with van der Waals surface area (Å²) >= 11 is 6.01. The minimum Gasteiger partial charge on any atom is -0.343 e. The average molecular weight is 590 g/mol. The number of amides is 2. The molecule has 218 valence electrons. The zero-order valence-electron chi connectivity index (χ0n) is 22.9. The number of carbonyl (C=O) groups is 2. The topological polar surface area (TPSA) is 125 Å². The van der Waals surface area contributed by atoms with Gasteiger partial charge >= 0.3 is 0 Å². The Morgan fingerprint density at radius 2 is 1.57 bits per heavy atom. The summed E-state index contributed by atoms with van der Waals surface area (Å²) in [6.45, 7) is 2.47. The molecule has 0 aromatic heterocycles. The Hall–Kier alpha value is -2.50. The van der Waals surface area contributed by atoms with Crippen LogP contribution in [0.3, 0.4) is 0 Å². The first-order chi connectivity index (χ1) is 19.2. The molecule has 2 amide bonds. The van der Waals surface area contributed by atoms with Crippen molar-refractivity contribution in [2.45, 2.75) is 55.9 Å². The first-order valence-electron chi connectivity index (χ1n) is 14.0. The van der Waals surface area contributed by atoms with Gasteiger partial charge < -0.3 is 16.0 Å². The molecule has 40 heavy (non-hydrogen) atoms. The zero-order chi connectivity index (χ0) is 28.6. The van der Waals surface area contributed by atoms with Crippen molar-refractivity contribution in [3.05, 3.63) is 70.7 Å². The van der Waals surface area contributed by atoms with Crippen molar-refractivity contribution in [3.63, 3.8) is 0 Å². The van der Waals surface area contributed by atoms with Gasteiger partial charge in [0.2, 0.25) is 21.8 Å². The van der Waals surface area contributed by atoms with Crippen molar-refractivity contribution in [3.8, 4) is 0 Å². The molecular formula is C29H40ClN5O4S. The zero-order valence-corrected chi connectivity index (χ0v) is 24.4. The van der Waals surface area contributed by atoms with Crippen LogP contribution < -0.4 is 15.8 Å². The van der Waals surface area contributed by atoms with Gasteiger partial charge in [-0.3, -0.25) is 14.5 Å². The second-order valence-electron chi connectivity index (χ2n) is 10.8. The Morgan fingerprint density at radius 3 is 2.20 bits per heavy atom. The van der Waals surface area contributed by atoms with E-state index in [9.17, 15) is 18.0 Å². The van der Waals surface area contributed by atoms with Gasteiger partial charge in [-0.15, -0.1) is 0 Å². The predicted molar refractivity (Wildman–Crippen MR) is 157 cm³/mol. The van der Waals surface area contributed by atoms with Crippen LogP contribution in [0, 0.1) is 0 Å². The minimum absolute atomic E-state index is 0.0459. The number of halogens is 1. The van der Waals surface area contributed by atoms with Crippen molar-refractivity contribution in [1.29, 1.82) is 0 Å². The summed E-state index contributed by atoms with van der Waals surface area (Å²) in [6, 6.07) is 15.7. The standard InChI is InChI=1S/C29H40ClN5O4S/c30-25-11-9-23(10-12-25)19-26(33-27(36)20-31)28(37)34-15-17-35(18-16-34)29(13-5-2-6-14-29)22-32-40(38,39)21-24-7-3-1-4-8-24/h1,3-4,7-12,26,32H,2,5-6,13-22,31H2,(H,33,36). The number of benzene rings is 2. The lowest BCUT2D eigenvalue weighted by Crippen LogP contribution is -2.63. The number of rotatable bonds is 11. The molecule has 2 aromatic carbocycles. The molecule has 4 rings (SSSR count). The van der Waals surface area contributed by atoms with E-state index < -0.39 is 16.1 Å². The second-order valence-corrected chi connectivity index (χ2v) is 13.1. The number of hydrogen-bond donors (Lipinski definition) is 3. The van der Waals surface area contributed by atoms with Gasteiger partial charge in [-0.1, -0.05) is 73.3 Å². The molecular weight excluding hydrogens is 550 g/mol. The fourth-order valence-electron chi connectivity index (χ4n) is 5.83. The Balaban J connectivity index is 1.40. The van der Waals surface area contributed by atoms with E-state index in [1.165, 1.54) is 0 Å². The monoisotopic (exact) mass is 589 g/mol. The molecule has 1 saturated heterocycles. The first-order valence-corrected chi connectivity index (χ1v) is 16.0. The normalized spacial score (nSPS) is 18.7. The van der Waals surface area contributed by atoms with Crippen molar-refractivity contribution in [1.82, 2.24) is 19.8 Å². The number of carbonyl (C=O) groups excluding carboxylic acids is 2. The van der Waals surface area contributed by atoms with Crippen molar-refractivity contribution in [2.75, 3.05) is 39.3 Å². The van der Waals surface area contributed by atoms with E-state index in [0.717, 1.165) is 43.2 Å². The maximum Gasteiger partial charge on any atom is 0.245 e. The van der Waals surface area contributed by atoms with Crippen molar-refractivity contribution < 1.29 is 18.0 Å². The second kappa shape index (κ2) is 13.9. The van der Waals surface area contributed by atoms with E-state index in [4.69, 9.17) is 17.3 Å². The molecule has 4 N–H and O–H groups in total. The lowest BCUT2D eigenvalue weighted by Gasteiger charge is -2.50. The van der Waals surface area contributed by atoms with E-state index >= 15 is 0 Å². The molecule has 1 aliphatic carbocycles. The van der Waals surface area contributed by atoms with Crippen LogP contribution in [-0.2, 0) is 31.8 Å². The highest BCUT2D eigenvalue weighted by molar-refractivity contribution is 7.88. The number of nitrogens with zero attached hydrogens (tertiary/aromatic N) is 2. The molecule has 1 unspecified atom stereocenters. The Morgan fingerprint density at radius 1 is 0.925 bits per heavy atom. The van der Waals surface area contributed by atoms with Crippen LogP contribution in [0.4, 0.5) is 0 Å². The summed E-state index contributed by atoms with van der Waals surface area (Å²) in [7, 11) is -3.49. The third-order valence-electron chi connectivity index (χ3n) is 8.04. The fraction of sp³-hybridized carbons (Fsp3) is 0.517. The van der Waals surface area contributed by atoms with Crippen LogP contribution in [-0.4, -0.2) is 80.9 Å². The van der Waals surface area contributed by atoms with Gasteiger partial charge in [0.15, 0.2) is 0 Å². The predicted octanol–water partition coefficient (Wildman–Crippen LogP) is 2.29. The van der Waals surface area contributed by atoms with Crippen LogP contribution >= 0.6 is 11.6 Å². The van der Waals surface area contributed by atoms with Crippen LogP contribution in [0.1, 0.15) is 43.2 Å². The molecule has 9 nitrogen and oxygen atoms in total. The number of hydrogen-bond acceptors (Lipinski definition) is 6. The molecule has 11 heteroatoms. The SMILES string of the molecule is NCC(=O)NC(Cc1ccc(Cl)cc1)C(=O)N1CCN(C2(CNS(=O)(=O)Cc3ccccc3)CCCCC2)CC1. The summed E-state index contributed by atoms with van der Waals surface area (Å²) in [6.07, 6.45) is 5.42. The number of piperazine rings is 1. The maximum atomic E-state index is 13.5. The molecule has 1 saturated carbocycles. The third-order valence-corrected chi connectivity index (χ3v) is 9.59. The third kappa shape index (κ3) is 8.27. The number of nitrogens with two attached hydrogens (primary N) is 1. The van der Waals surface area contributed by atoms with E-state index in [0.29, 0.717) is 44.2 Å². The molecule has 1 heterocycles. The van der Waals surface area contributed by atoms with Gasteiger partial charge in [0.05, 0.1) is 12.3 Å². The van der Waals surface area contributed by atoms with E-state index in [1.54, 1.807) is 17.0 Å². The van der Waals surface area contributed by atoms with Crippen LogP contribution in [0.5, 0.6) is 0 Å². The molecule has 1 atom stereocenters. The smallest absolute Gasteiger partial charge is 0.245 e. The lowest BCUT2D eigenvalue weighted by atomic mass is 9.80. The molecule has 0 radical (unpaired) electrons. The molecule has 2 fully saturated rings. The largest absolute Gasteiger partial charge is 0.343 e. The molecule has 0 spiro atoms. The van der Waals surface area contributed by atoms with Crippen LogP contribution in [0.25, 0.3) is 0 Å². The Kier molecular flexibility index (Phi) is 10.6. The van der Waals surface area contributed by atoms with Gasteiger partial charge in [0, 0.05) is 49.7 Å². The average Bonchev–Trinajstić information content (AvgIpc) is 2.97. The minimum atomic E-state index is -3.49. The number of sulfonamides is 1. The summed E-state index contributed by atoms with van der Waals surface area (Å²) in [5.41, 5.74) is 6.90. The summed E-state index contributed by atoms with van der Waals surface area (Å²) < 4.78 is 28.8. The van der Waals surface area contributed by atoms with Gasteiger partial charge in [-0.2, -0.15) is 0 Å². The molecule has 0 bridgehead atoms. The van der Waals surface area contributed by atoms with Crippen molar-refractivity contribution in [2.24, 2.45) is 5.73 Å². The van der Waals surface area contributed by atoms with E-state index in [-0.39, 0.29) is 29.7 Å². The Bertz CT molecular complexity index is 1230. The summed E-state index contributed by atoms with van der Waals surface area (Å²) in [5, 5.41) is 3.39. The highest BCUT2D eigenvalue weighted by atomic mass is 35.5. The quantitative estimate of drug-likeness (QED) is 0.369. The highest BCUT2D eigenvalue weighted by Gasteiger charge is 2.41. The van der Waals surface area contributed by atoms with E-state index in [2.05, 4.69) is 14.9 Å². The summed E-state index contributed by atoms with van der Waals surface area (Å²) in [4.78, 5) is 29.8. The van der Waals surface area contributed by atoms with Gasteiger partial charge in [0.25, 0.3) is 0 Å². The van der Waals surface area contributed by atoms with Crippen LogP contribution in [0.2, 0.25) is 5.02 Å². The molecule has 2 aromatic rings. The van der Waals surface area contributed by atoms with Gasteiger partial charge in [0.1, 0.15) is 6.04 Å². The number of nitrogens with one attached hydrogen (secondary N) is 2. The van der Waals surface area contributed by atoms with Crippen LogP contribution in [0.15, 0.2) is 54.6 Å². The maximum absolute atomic E-state index is 13.5. The molecule has 2 aliphatic rings.